The van der Waals surface area contributed by atoms with E-state index < -0.39 is 11.2 Å². The van der Waals surface area contributed by atoms with Gasteiger partial charge in [0.05, 0.1) is 34.6 Å². The number of primary amides is 1. The molecule has 38 heavy (non-hydrogen) atoms. The molecule has 1 amide bonds. The number of nitrogens with zero attached hydrogens (tertiary/aromatic N) is 5. The van der Waals surface area contributed by atoms with Crippen LogP contribution >= 0.6 is 11.6 Å². The molecule has 2 aliphatic carbocycles. The van der Waals surface area contributed by atoms with Crippen LogP contribution in [-0.4, -0.2) is 42.7 Å². The summed E-state index contributed by atoms with van der Waals surface area (Å²) in [6.45, 7) is 1.88. The predicted molar refractivity (Wildman–Crippen MR) is 141 cm³/mol. The Labute approximate surface area is 224 Å². The first-order valence-electron chi connectivity index (χ1n) is 12.8. The highest BCUT2D eigenvalue weighted by atomic mass is 35.5. The Kier molecular flexibility index (Phi) is 7.11. The quantitative estimate of drug-likeness (QED) is 0.355. The molecule has 0 aliphatic heterocycles. The van der Waals surface area contributed by atoms with Crippen LogP contribution in [0.1, 0.15) is 69.9 Å². The van der Waals surface area contributed by atoms with Gasteiger partial charge in [-0.2, -0.15) is 10.2 Å². The van der Waals surface area contributed by atoms with E-state index in [2.05, 4.69) is 20.6 Å². The summed E-state index contributed by atoms with van der Waals surface area (Å²) >= 11 is 6.32. The largest absolute Gasteiger partial charge is 0.393 e. The van der Waals surface area contributed by atoms with Gasteiger partial charge in [-0.05, 0) is 63.5 Å². The van der Waals surface area contributed by atoms with Crippen molar-refractivity contribution >= 4 is 46.3 Å². The molecule has 2 atom stereocenters. The van der Waals surface area contributed by atoms with Crippen molar-refractivity contribution in [2.45, 2.75) is 76.5 Å². The maximum atomic E-state index is 14.9. The topological polar surface area (TPSA) is 155 Å². The zero-order valence-corrected chi connectivity index (χ0v) is 21.8. The summed E-state index contributed by atoms with van der Waals surface area (Å²) in [7, 11) is 0. The van der Waals surface area contributed by atoms with Gasteiger partial charge < -0.3 is 21.5 Å². The van der Waals surface area contributed by atoms with E-state index in [1.807, 2.05) is 17.6 Å². The summed E-state index contributed by atoms with van der Waals surface area (Å²) in [5.74, 6) is -0.246. The molecule has 0 bridgehead atoms. The molecule has 12 heteroatoms. The predicted octanol–water partition coefficient (Wildman–Crippen LogP) is 4.56. The van der Waals surface area contributed by atoms with Crippen molar-refractivity contribution in [3.63, 3.8) is 0 Å². The second-order valence-electron chi connectivity index (χ2n) is 10.6. The molecule has 0 radical (unpaired) electrons. The lowest BCUT2D eigenvalue weighted by molar-refractivity contribution is -0.128. The molecule has 2 aliphatic rings. The molecule has 2 heterocycles. The van der Waals surface area contributed by atoms with E-state index in [1.54, 1.807) is 6.20 Å². The van der Waals surface area contributed by atoms with Crippen LogP contribution in [0.2, 0.25) is 5.02 Å². The van der Waals surface area contributed by atoms with Gasteiger partial charge in [-0.1, -0.05) is 18.5 Å². The standard InChI is InChI=1S/C26H30ClFN8O2/c1-26(23(30)38)7-5-16(6-8-26)36-22-20(13-31-24(35-22)32-15-3-2-4-17(37)11-15)33-25(36)34-21-18(27)9-14(12-29)10-19(21)28/h9-10,13,15-17,37H,2-8,11H2,1H3,(H2,30,38)(H,33,34)(H,31,32,35)/t15-,16-,17+,26-/m0/s1. The monoisotopic (exact) mass is 540 g/mol. The van der Waals surface area contributed by atoms with Gasteiger partial charge >= 0.3 is 0 Å². The Morgan fingerprint density at radius 2 is 2.05 bits per heavy atom. The summed E-state index contributed by atoms with van der Waals surface area (Å²) < 4.78 is 16.8. The van der Waals surface area contributed by atoms with E-state index in [4.69, 9.17) is 27.6 Å². The maximum Gasteiger partial charge on any atom is 0.224 e. The second kappa shape index (κ2) is 10.3. The molecule has 2 saturated carbocycles. The summed E-state index contributed by atoms with van der Waals surface area (Å²) in [5.41, 5.74) is 6.25. The Hall–Kier alpha value is -3.49. The van der Waals surface area contributed by atoms with Crippen molar-refractivity contribution in [3.8, 4) is 6.07 Å². The smallest absolute Gasteiger partial charge is 0.224 e. The molecule has 0 spiro atoms. The molecule has 2 aromatic heterocycles. The van der Waals surface area contributed by atoms with Crippen molar-refractivity contribution in [2.24, 2.45) is 11.1 Å². The molecule has 1 aromatic carbocycles. The summed E-state index contributed by atoms with van der Waals surface area (Å²) in [4.78, 5) is 25.9. The molecule has 5 rings (SSSR count). The number of fused-ring (bicyclic) bond motifs is 1. The van der Waals surface area contributed by atoms with E-state index in [9.17, 15) is 14.3 Å². The third kappa shape index (κ3) is 5.11. The SMILES string of the molecule is C[C@]1(C(N)=O)CC[C@H](n2c(Nc3c(F)cc(C#N)cc3Cl)nc3cnc(N[C@H]4CCC[C@@H](O)C4)nc32)CC1. The number of amides is 1. The number of carbonyl (C=O) groups is 1. The fourth-order valence-electron chi connectivity index (χ4n) is 5.49. The van der Waals surface area contributed by atoms with Gasteiger partial charge in [-0.25, -0.2) is 14.4 Å². The summed E-state index contributed by atoms with van der Waals surface area (Å²) in [6.07, 6.45) is 6.98. The zero-order valence-electron chi connectivity index (χ0n) is 21.0. The fraction of sp³-hybridized carbons (Fsp3) is 0.500. The number of carbonyl (C=O) groups excluding carboxylic acids is 1. The van der Waals surface area contributed by atoms with Crippen LogP contribution in [0, 0.1) is 22.6 Å². The van der Waals surface area contributed by atoms with Gasteiger partial charge in [-0.3, -0.25) is 9.36 Å². The average molecular weight is 541 g/mol. The van der Waals surface area contributed by atoms with E-state index >= 15 is 0 Å². The van der Waals surface area contributed by atoms with Gasteiger partial charge in [0.25, 0.3) is 0 Å². The lowest BCUT2D eigenvalue weighted by Gasteiger charge is -2.35. The number of aromatic nitrogens is 4. The molecule has 3 aromatic rings. The second-order valence-corrected chi connectivity index (χ2v) is 11.0. The fourth-order valence-corrected chi connectivity index (χ4v) is 5.74. The van der Waals surface area contributed by atoms with E-state index in [0.717, 1.165) is 25.3 Å². The number of imidazole rings is 1. The Bertz CT molecular complexity index is 1390. The average Bonchev–Trinajstić information content (AvgIpc) is 3.23. The number of hydrogen-bond acceptors (Lipinski definition) is 8. The highest BCUT2D eigenvalue weighted by Gasteiger charge is 2.38. The van der Waals surface area contributed by atoms with Gasteiger partial charge in [0.2, 0.25) is 17.8 Å². The van der Waals surface area contributed by atoms with E-state index in [1.165, 1.54) is 6.07 Å². The Morgan fingerprint density at radius 1 is 1.29 bits per heavy atom. The number of rotatable bonds is 6. The number of aliphatic hydroxyl groups is 1. The summed E-state index contributed by atoms with van der Waals surface area (Å²) in [5, 5.41) is 25.6. The van der Waals surface area contributed by atoms with Crippen molar-refractivity contribution in [3.05, 3.63) is 34.7 Å². The van der Waals surface area contributed by atoms with Crippen LogP contribution in [0.5, 0.6) is 0 Å². The molecule has 200 valence electrons. The Balaban J connectivity index is 1.53. The van der Waals surface area contributed by atoms with Gasteiger partial charge in [0.1, 0.15) is 11.3 Å². The van der Waals surface area contributed by atoms with Gasteiger partial charge in [0, 0.05) is 17.5 Å². The number of nitrogens with two attached hydrogens (primary N) is 1. The van der Waals surface area contributed by atoms with E-state index in [-0.39, 0.29) is 40.4 Å². The normalized spacial score (nSPS) is 25.6. The minimum Gasteiger partial charge on any atom is -0.393 e. The molecular weight excluding hydrogens is 511 g/mol. The van der Waals surface area contributed by atoms with Crippen LogP contribution in [0.25, 0.3) is 11.2 Å². The third-order valence-electron chi connectivity index (χ3n) is 7.84. The molecule has 10 nitrogen and oxygen atoms in total. The van der Waals surface area contributed by atoms with Crippen LogP contribution in [0.15, 0.2) is 18.3 Å². The number of hydrogen-bond donors (Lipinski definition) is 4. The van der Waals surface area contributed by atoms with Crippen molar-refractivity contribution in [2.75, 3.05) is 10.6 Å². The molecular formula is C26H30ClFN8O2. The molecule has 5 N–H and O–H groups in total. The molecule has 2 fully saturated rings. The number of nitriles is 1. The van der Waals surface area contributed by atoms with E-state index in [0.29, 0.717) is 55.2 Å². The number of benzene rings is 1. The molecule has 0 unspecified atom stereocenters. The van der Waals surface area contributed by atoms with Crippen LogP contribution in [0.3, 0.4) is 0 Å². The van der Waals surface area contributed by atoms with Crippen molar-refractivity contribution in [1.29, 1.82) is 5.26 Å². The lowest BCUT2D eigenvalue weighted by atomic mass is 9.73. The first-order chi connectivity index (χ1) is 18.2. The maximum absolute atomic E-state index is 14.9. The number of anilines is 3. The molecule has 0 saturated heterocycles. The highest BCUT2D eigenvalue weighted by Crippen LogP contribution is 2.43. The van der Waals surface area contributed by atoms with Gasteiger partial charge in [-0.15, -0.1) is 0 Å². The summed E-state index contributed by atoms with van der Waals surface area (Å²) in [6, 6.07) is 4.36. The van der Waals surface area contributed by atoms with Crippen molar-refractivity contribution in [1.82, 2.24) is 19.5 Å². The Morgan fingerprint density at radius 3 is 2.71 bits per heavy atom. The first kappa shape index (κ1) is 26.1. The first-order valence-corrected chi connectivity index (χ1v) is 13.2. The highest BCUT2D eigenvalue weighted by molar-refractivity contribution is 6.33. The number of aliphatic hydroxyl groups excluding tert-OH is 1. The lowest BCUT2D eigenvalue weighted by Crippen LogP contribution is -2.38. The number of halogens is 2. The van der Waals surface area contributed by atoms with Crippen LogP contribution < -0.4 is 16.4 Å². The number of nitrogens with one attached hydrogen (secondary N) is 2. The van der Waals surface area contributed by atoms with Gasteiger partial charge in [0.15, 0.2) is 5.65 Å². The minimum absolute atomic E-state index is 0.00232. The van der Waals surface area contributed by atoms with Crippen LogP contribution in [0.4, 0.5) is 22.0 Å². The zero-order chi connectivity index (χ0) is 27.0. The minimum atomic E-state index is -0.679. The third-order valence-corrected chi connectivity index (χ3v) is 8.14. The van der Waals surface area contributed by atoms with Crippen molar-refractivity contribution < 1.29 is 14.3 Å². The van der Waals surface area contributed by atoms with Crippen LogP contribution in [-0.2, 0) is 4.79 Å².